The van der Waals surface area contributed by atoms with Gasteiger partial charge in [0.05, 0.1) is 38.8 Å². The normalized spacial score (nSPS) is 15.3. The Labute approximate surface area is 186 Å². The summed E-state index contributed by atoms with van der Waals surface area (Å²) in [5, 5.41) is 7.36. The molecule has 0 saturated heterocycles. The van der Waals surface area contributed by atoms with Crippen LogP contribution in [0, 0.1) is 11.7 Å². The standard InChI is InChI=1S/C24H26FN3O4/c1-13(2)10-17-20-21(27-26-17)24(29)28(22(20)14-6-8-15(25)9-7-14)16-11-18(30-3)23(32-5)19(12-16)31-4/h6-9,11-13,22H,10H2,1-5H3,(H,26,27). The number of H-pyrrole nitrogens is 1. The summed E-state index contributed by atoms with van der Waals surface area (Å²) in [5.74, 6) is 1.08. The number of halogens is 1. The van der Waals surface area contributed by atoms with Crippen LogP contribution in [0.15, 0.2) is 36.4 Å². The number of amides is 1. The van der Waals surface area contributed by atoms with Crippen molar-refractivity contribution in [2.45, 2.75) is 26.3 Å². The fraction of sp³-hybridized carbons (Fsp3) is 0.333. The van der Waals surface area contributed by atoms with E-state index in [-0.39, 0.29) is 11.7 Å². The summed E-state index contributed by atoms with van der Waals surface area (Å²) in [6.45, 7) is 4.20. The lowest BCUT2D eigenvalue weighted by atomic mass is 9.95. The summed E-state index contributed by atoms with van der Waals surface area (Å²) in [5.41, 5.74) is 3.41. The van der Waals surface area contributed by atoms with E-state index in [0.29, 0.717) is 41.0 Å². The van der Waals surface area contributed by atoms with Gasteiger partial charge in [-0.05, 0) is 30.0 Å². The van der Waals surface area contributed by atoms with E-state index in [1.165, 1.54) is 33.5 Å². The first-order chi connectivity index (χ1) is 15.4. The third-order valence-electron chi connectivity index (χ3n) is 5.56. The number of aromatic amines is 1. The molecule has 2 heterocycles. The number of nitrogens with one attached hydrogen (secondary N) is 1. The Balaban J connectivity index is 1.92. The Morgan fingerprint density at radius 1 is 1.06 bits per heavy atom. The molecule has 7 nitrogen and oxygen atoms in total. The number of ether oxygens (including phenoxy) is 3. The lowest BCUT2D eigenvalue weighted by Gasteiger charge is -2.28. The second-order valence-corrected chi connectivity index (χ2v) is 8.07. The van der Waals surface area contributed by atoms with Gasteiger partial charge in [0.1, 0.15) is 11.5 Å². The first kappa shape index (κ1) is 21.7. The van der Waals surface area contributed by atoms with Crippen LogP contribution in [0.3, 0.4) is 0 Å². The highest BCUT2D eigenvalue weighted by atomic mass is 19.1. The molecule has 0 radical (unpaired) electrons. The van der Waals surface area contributed by atoms with Crippen LogP contribution in [-0.2, 0) is 6.42 Å². The van der Waals surface area contributed by atoms with Crippen LogP contribution in [-0.4, -0.2) is 37.4 Å². The van der Waals surface area contributed by atoms with Gasteiger partial charge in [-0.25, -0.2) is 4.39 Å². The lowest BCUT2D eigenvalue weighted by molar-refractivity contribution is 0.0988. The molecule has 0 bridgehead atoms. The Kier molecular flexibility index (Phi) is 5.78. The molecule has 1 atom stereocenters. The Morgan fingerprint density at radius 2 is 1.69 bits per heavy atom. The monoisotopic (exact) mass is 439 g/mol. The number of benzene rings is 2. The van der Waals surface area contributed by atoms with Crippen LogP contribution < -0.4 is 19.1 Å². The fourth-order valence-corrected chi connectivity index (χ4v) is 4.19. The van der Waals surface area contributed by atoms with Crippen LogP contribution in [0.25, 0.3) is 0 Å². The Hall–Kier alpha value is -3.55. The predicted octanol–water partition coefficient (Wildman–Crippen LogP) is 4.52. The predicted molar refractivity (Wildman–Crippen MR) is 118 cm³/mol. The van der Waals surface area contributed by atoms with E-state index in [0.717, 1.165) is 16.8 Å². The molecular formula is C24H26FN3O4. The maximum absolute atomic E-state index is 13.7. The van der Waals surface area contributed by atoms with Crippen LogP contribution in [0.2, 0.25) is 0 Å². The molecular weight excluding hydrogens is 413 g/mol. The van der Waals surface area contributed by atoms with Crippen molar-refractivity contribution < 1.29 is 23.4 Å². The molecule has 0 saturated carbocycles. The number of aromatic nitrogens is 2. The zero-order valence-electron chi connectivity index (χ0n) is 18.7. The van der Waals surface area contributed by atoms with Gasteiger partial charge in [0, 0.05) is 17.7 Å². The number of carbonyl (C=O) groups is 1. The number of nitrogens with zero attached hydrogens (tertiary/aromatic N) is 2. The van der Waals surface area contributed by atoms with Gasteiger partial charge in [-0.15, -0.1) is 0 Å². The molecule has 1 aliphatic rings. The van der Waals surface area contributed by atoms with Gasteiger partial charge >= 0.3 is 0 Å². The second kappa shape index (κ2) is 8.53. The van der Waals surface area contributed by atoms with Crippen molar-refractivity contribution in [2.75, 3.05) is 26.2 Å². The van der Waals surface area contributed by atoms with Crippen molar-refractivity contribution in [3.05, 3.63) is 64.7 Å². The van der Waals surface area contributed by atoms with Gasteiger partial charge in [-0.2, -0.15) is 5.10 Å². The third-order valence-corrected chi connectivity index (χ3v) is 5.56. The second-order valence-electron chi connectivity index (χ2n) is 8.07. The number of carbonyl (C=O) groups excluding carboxylic acids is 1. The van der Waals surface area contributed by atoms with Gasteiger partial charge in [0.15, 0.2) is 11.5 Å². The maximum atomic E-state index is 13.7. The average Bonchev–Trinajstić information content (AvgIpc) is 3.31. The van der Waals surface area contributed by atoms with E-state index < -0.39 is 6.04 Å². The molecule has 2 aromatic carbocycles. The lowest BCUT2D eigenvalue weighted by Crippen LogP contribution is -2.29. The maximum Gasteiger partial charge on any atom is 0.277 e. The zero-order chi connectivity index (χ0) is 23.0. The summed E-state index contributed by atoms with van der Waals surface area (Å²) in [6, 6.07) is 9.17. The van der Waals surface area contributed by atoms with Crippen LogP contribution in [0.1, 0.15) is 47.2 Å². The van der Waals surface area contributed by atoms with Crippen molar-refractivity contribution in [1.82, 2.24) is 10.2 Å². The highest BCUT2D eigenvalue weighted by Gasteiger charge is 2.43. The summed E-state index contributed by atoms with van der Waals surface area (Å²) in [6.07, 6.45) is 0.708. The number of methoxy groups -OCH3 is 3. The number of hydrogen-bond donors (Lipinski definition) is 1. The molecule has 1 aliphatic heterocycles. The van der Waals surface area contributed by atoms with E-state index in [9.17, 15) is 9.18 Å². The van der Waals surface area contributed by atoms with Crippen molar-refractivity contribution in [2.24, 2.45) is 5.92 Å². The zero-order valence-corrected chi connectivity index (χ0v) is 18.7. The highest BCUT2D eigenvalue weighted by Crippen LogP contribution is 2.47. The van der Waals surface area contributed by atoms with E-state index in [1.54, 1.807) is 29.2 Å². The van der Waals surface area contributed by atoms with E-state index in [2.05, 4.69) is 24.0 Å². The van der Waals surface area contributed by atoms with Gasteiger partial charge in [0.25, 0.3) is 5.91 Å². The summed E-state index contributed by atoms with van der Waals surface area (Å²) in [7, 11) is 4.58. The molecule has 1 unspecified atom stereocenters. The molecule has 32 heavy (non-hydrogen) atoms. The van der Waals surface area contributed by atoms with Crippen molar-refractivity contribution in [3.63, 3.8) is 0 Å². The first-order valence-electron chi connectivity index (χ1n) is 10.4. The van der Waals surface area contributed by atoms with Crippen LogP contribution in [0.5, 0.6) is 17.2 Å². The van der Waals surface area contributed by atoms with Crippen molar-refractivity contribution >= 4 is 11.6 Å². The number of hydrogen-bond acceptors (Lipinski definition) is 5. The summed E-state index contributed by atoms with van der Waals surface area (Å²) in [4.78, 5) is 15.2. The SMILES string of the molecule is COc1cc(N2C(=O)c3[nH]nc(CC(C)C)c3C2c2ccc(F)cc2)cc(OC)c1OC. The minimum absolute atomic E-state index is 0.230. The van der Waals surface area contributed by atoms with Gasteiger partial charge in [-0.3, -0.25) is 14.8 Å². The average molecular weight is 439 g/mol. The smallest absolute Gasteiger partial charge is 0.277 e. The summed E-state index contributed by atoms with van der Waals surface area (Å²) < 4.78 is 30.1. The highest BCUT2D eigenvalue weighted by molar-refractivity contribution is 6.11. The van der Waals surface area contributed by atoms with Gasteiger partial charge in [-0.1, -0.05) is 26.0 Å². The third kappa shape index (κ3) is 3.55. The quantitative estimate of drug-likeness (QED) is 0.586. The molecule has 1 N–H and O–H groups in total. The number of fused-ring (bicyclic) bond motifs is 1. The fourth-order valence-electron chi connectivity index (χ4n) is 4.19. The minimum Gasteiger partial charge on any atom is -0.493 e. The first-order valence-corrected chi connectivity index (χ1v) is 10.4. The molecule has 0 spiro atoms. The molecule has 0 fully saturated rings. The van der Waals surface area contributed by atoms with Gasteiger partial charge < -0.3 is 14.2 Å². The molecule has 0 aliphatic carbocycles. The molecule has 3 aromatic rings. The number of anilines is 1. The molecule has 168 valence electrons. The van der Waals surface area contributed by atoms with Crippen LogP contribution in [0.4, 0.5) is 10.1 Å². The Morgan fingerprint density at radius 3 is 2.22 bits per heavy atom. The van der Waals surface area contributed by atoms with Gasteiger partial charge in [0.2, 0.25) is 5.75 Å². The molecule has 1 aromatic heterocycles. The molecule has 4 rings (SSSR count). The largest absolute Gasteiger partial charge is 0.493 e. The topological polar surface area (TPSA) is 76.7 Å². The van der Waals surface area contributed by atoms with E-state index >= 15 is 0 Å². The van der Waals surface area contributed by atoms with E-state index in [1.807, 2.05) is 0 Å². The minimum atomic E-state index is -0.478. The van der Waals surface area contributed by atoms with Crippen LogP contribution >= 0.6 is 0 Å². The number of rotatable bonds is 7. The molecule has 8 heteroatoms. The van der Waals surface area contributed by atoms with Crippen molar-refractivity contribution in [3.8, 4) is 17.2 Å². The molecule has 1 amide bonds. The summed E-state index contributed by atoms with van der Waals surface area (Å²) >= 11 is 0. The Bertz CT molecular complexity index is 1120. The van der Waals surface area contributed by atoms with Crippen molar-refractivity contribution in [1.29, 1.82) is 0 Å². The van der Waals surface area contributed by atoms with E-state index in [4.69, 9.17) is 14.2 Å².